The van der Waals surface area contributed by atoms with Gasteiger partial charge < -0.3 is 9.84 Å². The van der Waals surface area contributed by atoms with Gasteiger partial charge in [0, 0.05) is 17.8 Å². The van der Waals surface area contributed by atoms with Gasteiger partial charge in [0.15, 0.2) is 5.84 Å². The first-order valence-corrected chi connectivity index (χ1v) is 7.87. The van der Waals surface area contributed by atoms with E-state index in [1.165, 1.54) is 12.3 Å². The number of hydrogen-bond donors (Lipinski definition) is 1. The molecule has 2 aromatic heterocycles. The molecule has 8 heteroatoms. The minimum atomic E-state index is -0.301. The van der Waals surface area contributed by atoms with Crippen LogP contribution < -0.4 is 5.32 Å². The first-order chi connectivity index (χ1) is 12.7. The van der Waals surface area contributed by atoms with Crippen LogP contribution in [-0.4, -0.2) is 27.3 Å². The van der Waals surface area contributed by atoms with Crippen LogP contribution >= 0.6 is 0 Å². The van der Waals surface area contributed by atoms with Crippen molar-refractivity contribution >= 4 is 5.84 Å². The van der Waals surface area contributed by atoms with Gasteiger partial charge in [0.1, 0.15) is 23.5 Å². The monoisotopic (exact) mass is 348 g/mol. The highest BCUT2D eigenvalue weighted by Gasteiger charge is 2.18. The predicted molar refractivity (Wildman–Crippen MR) is 91.5 cm³/mol. The van der Waals surface area contributed by atoms with Crippen LogP contribution in [0, 0.1) is 17.1 Å². The molecule has 7 nitrogen and oxygen atoms in total. The van der Waals surface area contributed by atoms with E-state index in [1.807, 2.05) is 0 Å². The molecular formula is C18H13FN6O. The van der Waals surface area contributed by atoms with Gasteiger partial charge in [-0.1, -0.05) is 23.4 Å². The van der Waals surface area contributed by atoms with Crippen LogP contribution in [0.3, 0.4) is 0 Å². The average Bonchev–Trinajstić information content (AvgIpc) is 3.33. The molecule has 128 valence electrons. The molecule has 0 amide bonds. The number of halogens is 1. The van der Waals surface area contributed by atoms with Crippen molar-refractivity contribution in [2.45, 2.75) is 6.54 Å². The Kier molecular flexibility index (Phi) is 4.03. The highest BCUT2D eigenvalue weighted by Crippen LogP contribution is 2.21. The Hall–Kier alpha value is -3.73. The Bertz CT molecular complexity index is 1040. The quantitative estimate of drug-likeness (QED) is 0.782. The summed E-state index contributed by atoms with van der Waals surface area (Å²) >= 11 is 0. The molecular weight excluding hydrogens is 335 g/mol. The van der Waals surface area contributed by atoms with Crippen LogP contribution in [0.1, 0.15) is 11.3 Å². The third kappa shape index (κ3) is 2.98. The van der Waals surface area contributed by atoms with Crippen LogP contribution in [0.15, 0.2) is 63.9 Å². The van der Waals surface area contributed by atoms with Crippen molar-refractivity contribution in [3.8, 4) is 17.5 Å². The lowest BCUT2D eigenvalue weighted by atomic mass is 10.2. The number of benzene rings is 1. The van der Waals surface area contributed by atoms with Crippen molar-refractivity contribution in [3.63, 3.8) is 0 Å². The summed E-state index contributed by atoms with van der Waals surface area (Å²) in [4.78, 5) is 4.33. The maximum Gasteiger partial charge on any atom is 0.153 e. The number of aliphatic imine (C=N–C) groups is 1. The molecule has 1 aliphatic rings. The van der Waals surface area contributed by atoms with Crippen molar-refractivity contribution in [1.29, 1.82) is 5.26 Å². The van der Waals surface area contributed by atoms with E-state index in [-0.39, 0.29) is 18.9 Å². The molecule has 0 atom stereocenters. The lowest BCUT2D eigenvalue weighted by Crippen LogP contribution is -2.24. The SMILES string of the molecule is N#CC1=CNC(c2cc(-c3ccon3)n(Cc3ccccc3F)n2)=NC1. The Morgan fingerprint density at radius 1 is 1.27 bits per heavy atom. The van der Waals surface area contributed by atoms with Crippen molar-refractivity contribution in [3.05, 3.63) is 71.5 Å². The molecule has 1 aromatic carbocycles. The van der Waals surface area contributed by atoms with Gasteiger partial charge in [-0.05, 0) is 12.1 Å². The van der Waals surface area contributed by atoms with Gasteiger partial charge in [-0.3, -0.25) is 9.67 Å². The molecule has 3 heterocycles. The number of rotatable bonds is 4. The van der Waals surface area contributed by atoms with Crippen molar-refractivity contribution < 1.29 is 8.91 Å². The number of amidine groups is 1. The number of nitriles is 1. The molecule has 26 heavy (non-hydrogen) atoms. The second kappa shape index (κ2) is 6.64. The van der Waals surface area contributed by atoms with Gasteiger partial charge in [0.25, 0.3) is 0 Å². The summed E-state index contributed by atoms with van der Waals surface area (Å²) in [5.74, 6) is 0.242. The fourth-order valence-electron chi connectivity index (χ4n) is 2.63. The van der Waals surface area contributed by atoms with E-state index < -0.39 is 0 Å². The summed E-state index contributed by atoms with van der Waals surface area (Å²) in [6, 6.07) is 12.1. The van der Waals surface area contributed by atoms with Gasteiger partial charge in [-0.25, -0.2) is 4.39 Å². The lowest BCUT2D eigenvalue weighted by Gasteiger charge is -2.09. The first-order valence-electron chi connectivity index (χ1n) is 7.87. The minimum Gasteiger partial charge on any atom is -0.364 e. The van der Waals surface area contributed by atoms with Crippen LogP contribution in [0.5, 0.6) is 0 Å². The number of nitrogens with zero attached hydrogens (tertiary/aromatic N) is 5. The number of aromatic nitrogens is 3. The molecule has 0 fully saturated rings. The maximum absolute atomic E-state index is 14.0. The molecule has 0 saturated carbocycles. The normalized spacial score (nSPS) is 13.5. The fraction of sp³-hybridized carbons (Fsp3) is 0.111. The first kappa shape index (κ1) is 15.8. The zero-order chi connectivity index (χ0) is 17.9. The van der Waals surface area contributed by atoms with E-state index in [2.05, 4.69) is 26.6 Å². The topological polar surface area (TPSA) is 92.0 Å². The molecule has 0 radical (unpaired) electrons. The largest absolute Gasteiger partial charge is 0.364 e. The zero-order valence-electron chi connectivity index (χ0n) is 13.6. The van der Waals surface area contributed by atoms with E-state index in [0.29, 0.717) is 34.1 Å². The zero-order valence-corrected chi connectivity index (χ0v) is 13.6. The summed E-state index contributed by atoms with van der Waals surface area (Å²) in [6.07, 6.45) is 3.07. The molecule has 1 N–H and O–H groups in total. The van der Waals surface area contributed by atoms with Crippen LogP contribution in [0.4, 0.5) is 4.39 Å². The third-order valence-corrected chi connectivity index (χ3v) is 3.94. The second-order valence-electron chi connectivity index (χ2n) is 5.64. The Labute approximate surface area is 148 Å². The summed E-state index contributed by atoms with van der Waals surface area (Å²) in [5, 5.41) is 20.4. The van der Waals surface area contributed by atoms with Gasteiger partial charge in [0.05, 0.1) is 30.4 Å². The van der Waals surface area contributed by atoms with Crippen molar-refractivity contribution in [2.75, 3.05) is 6.54 Å². The average molecular weight is 348 g/mol. The van der Waals surface area contributed by atoms with Crippen LogP contribution in [-0.2, 0) is 6.54 Å². The molecule has 0 spiro atoms. The predicted octanol–water partition coefficient (Wildman–Crippen LogP) is 2.48. The summed E-state index contributed by atoms with van der Waals surface area (Å²) < 4.78 is 20.6. The van der Waals surface area contributed by atoms with E-state index in [9.17, 15) is 4.39 Å². The molecule has 0 aliphatic carbocycles. The van der Waals surface area contributed by atoms with Crippen LogP contribution in [0.2, 0.25) is 0 Å². The van der Waals surface area contributed by atoms with E-state index in [0.717, 1.165) is 0 Å². The highest BCUT2D eigenvalue weighted by molar-refractivity contribution is 5.99. The van der Waals surface area contributed by atoms with E-state index >= 15 is 0 Å². The summed E-state index contributed by atoms with van der Waals surface area (Å²) in [5.41, 5.74) is 2.89. The molecule has 3 aromatic rings. The molecule has 4 rings (SSSR count). The summed E-state index contributed by atoms with van der Waals surface area (Å²) in [6.45, 7) is 0.528. The van der Waals surface area contributed by atoms with Crippen LogP contribution in [0.25, 0.3) is 11.4 Å². The van der Waals surface area contributed by atoms with Gasteiger partial charge >= 0.3 is 0 Å². The Balaban J connectivity index is 1.71. The fourth-order valence-corrected chi connectivity index (χ4v) is 2.63. The third-order valence-electron chi connectivity index (χ3n) is 3.94. The maximum atomic E-state index is 14.0. The van der Waals surface area contributed by atoms with Crippen molar-refractivity contribution in [1.82, 2.24) is 20.3 Å². The number of nitrogens with one attached hydrogen (secondary N) is 1. The molecule has 0 bridgehead atoms. The lowest BCUT2D eigenvalue weighted by molar-refractivity contribution is 0.421. The minimum absolute atomic E-state index is 0.238. The number of hydrogen-bond acceptors (Lipinski definition) is 6. The van der Waals surface area contributed by atoms with Gasteiger partial charge in [-0.2, -0.15) is 10.4 Å². The standard InChI is InChI=1S/C18H13FN6O/c19-14-4-2-1-3-13(14)11-25-17(15-5-6-26-24-15)7-16(23-25)18-21-9-12(8-20)10-22-18/h1-7,9H,10-11H2,(H,21,22). The molecule has 1 aliphatic heterocycles. The Morgan fingerprint density at radius 3 is 2.85 bits per heavy atom. The van der Waals surface area contributed by atoms with E-state index in [4.69, 9.17) is 9.78 Å². The van der Waals surface area contributed by atoms with Gasteiger partial charge in [0.2, 0.25) is 0 Å². The smallest absolute Gasteiger partial charge is 0.153 e. The van der Waals surface area contributed by atoms with Crippen molar-refractivity contribution in [2.24, 2.45) is 4.99 Å². The van der Waals surface area contributed by atoms with E-state index in [1.54, 1.807) is 41.2 Å². The molecule has 0 unspecified atom stereocenters. The highest BCUT2D eigenvalue weighted by atomic mass is 19.1. The summed E-state index contributed by atoms with van der Waals surface area (Å²) in [7, 11) is 0. The van der Waals surface area contributed by atoms with Gasteiger partial charge in [-0.15, -0.1) is 0 Å². The molecule has 0 saturated heterocycles. The Morgan fingerprint density at radius 2 is 2.15 bits per heavy atom. The second-order valence-corrected chi connectivity index (χ2v) is 5.64.